The van der Waals surface area contributed by atoms with E-state index in [0.717, 1.165) is 4.47 Å². The third kappa shape index (κ3) is 4.31. The summed E-state index contributed by atoms with van der Waals surface area (Å²) in [4.78, 5) is 11.6. The van der Waals surface area contributed by atoms with Gasteiger partial charge in [0.05, 0.1) is 23.7 Å². The highest BCUT2D eigenvalue weighted by Crippen LogP contribution is 2.26. The van der Waals surface area contributed by atoms with E-state index in [9.17, 15) is 13.2 Å². The topological polar surface area (TPSA) is 60.4 Å². The van der Waals surface area contributed by atoms with Gasteiger partial charge in [-0.2, -0.15) is 0 Å². The predicted molar refractivity (Wildman–Crippen MR) is 76.9 cm³/mol. The summed E-state index contributed by atoms with van der Waals surface area (Å²) in [7, 11) is -3.47. The second kappa shape index (κ2) is 6.52. The van der Waals surface area contributed by atoms with Gasteiger partial charge in [-0.3, -0.25) is 4.79 Å². The van der Waals surface area contributed by atoms with Crippen LogP contribution in [-0.2, 0) is 19.4 Å². The van der Waals surface area contributed by atoms with Crippen molar-refractivity contribution in [1.82, 2.24) is 0 Å². The van der Waals surface area contributed by atoms with Gasteiger partial charge in [0.15, 0.2) is 9.84 Å². The van der Waals surface area contributed by atoms with Crippen molar-refractivity contribution < 1.29 is 17.9 Å². The average Bonchev–Trinajstić information content (AvgIpc) is 2.25. The molecule has 0 fully saturated rings. The van der Waals surface area contributed by atoms with Crippen LogP contribution in [-0.4, -0.2) is 26.7 Å². The standard InChI is InChI=1S/C13H17BrO4S/c1-4-18-12(15)5-6-19(16,17)13-9(2)7-11(14)8-10(13)3/h7-8H,4-6H2,1-3H3. The number of ether oxygens (including phenoxy) is 1. The number of sulfone groups is 1. The number of benzene rings is 1. The molecule has 106 valence electrons. The highest BCUT2D eigenvalue weighted by Gasteiger charge is 2.21. The van der Waals surface area contributed by atoms with E-state index in [2.05, 4.69) is 15.9 Å². The van der Waals surface area contributed by atoms with E-state index in [1.807, 2.05) is 0 Å². The van der Waals surface area contributed by atoms with Gasteiger partial charge in [-0.15, -0.1) is 0 Å². The maximum atomic E-state index is 12.3. The summed E-state index contributed by atoms with van der Waals surface area (Å²) in [5.41, 5.74) is 1.35. The third-order valence-electron chi connectivity index (χ3n) is 2.62. The van der Waals surface area contributed by atoms with Crippen molar-refractivity contribution in [3.63, 3.8) is 0 Å². The van der Waals surface area contributed by atoms with Gasteiger partial charge < -0.3 is 4.74 Å². The normalized spacial score (nSPS) is 11.4. The molecule has 0 aliphatic carbocycles. The minimum absolute atomic E-state index is 0.120. The average molecular weight is 349 g/mol. The SMILES string of the molecule is CCOC(=O)CCS(=O)(=O)c1c(C)cc(Br)cc1C. The summed E-state index contributed by atoms with van der Waals surface area (Å²) in [6.07, 6.45) is -0.120. The molecule has 1 aromatic rings. The molecule has 0 spiro atoms. The van der Waals surface area contributed by atoms with Crippen LogP contribution in [0.1, 0.15) is 24.5 Å². The van der Waals surface area contributed by atoms with Gasteiger partial charge in [-0.25, -0.2) is 8.42 Å². The Balaban J connectivity index is 2.98. The summed E-state index contributed by atoms with van der Waals surface area (Å²) in [6.45, 7) is 5.44. The lowest BCUT2D eigenvalue weighted by molar-refractivity contribution is -0.142. The highest BCUT2D eigenvalue weighted by molar-refractivity contribution is 9.10. The van der Waals surface area contributed by atoms with E-state index < -0.39 is 15.8 Å². The van der Waals surface area contributed by atoms with Crippen molar-refractivity contribution >= 4 is 31.7 Å². The Morgan fingerprint density at radius 3 is 2.26 bits per heavy atom. The number of hydrogen-bond donors (Lipinski definition) is 0. The monoisotopic (exact) mass is 348 g/mol. The van der Waals surface area contributed by atoms with Crippen LogP contribution in [0.5, 0.6) is 0 Å². The van der Waals surface area contributed by atoms with E-state index in [-0.39, 0.29) is 18.8 Å². The van der Waals surface area contributed by atoms with Gasteiger partial charge in [0.1, 0.15) is 0 Å². The molecule has 0 aliphatic heterocycles. The summed E-state index contributed by atoms with van der Waals surface area (Å²) < 4.78 is 30.1. The quantitative estimate of drug-likeness (QED) is 0.767. The van der Waals surface area contributed by atoms with Gasteiger partial charge in [0, 0.05) is 4.47 Å². The number of hydrogen-bond acceptors (Lipinski definition) is 4. The van der Waals surface area contributed by atoms with Crippen molar-refractivity contribution in [2.75, 3.05) is 12.4 Å². The maximum absolute atomic E-state index is 12.3. The predicted octanol–water partition coefficient (Wildman–Crippen LogP) is 2.79. The first kappa shape index (κ1) is 16.2. The zero-order chi connectivity index (χ0) is 14.6. The molecule has 0 aromatic heterocycles. The largest absolute Gasteiger partial charge is 0.466 e. The zero-order valence-corrected chi connectivity index (χ0v) is 13.6. The fraction of sp³-hybridized carbons (Fsp3) is 0.462. The van der Waals surface area contributed by atoms with Crippen LogP contribution in [0, 0.1) is 13.8 Å². The molecule has 1 aromatic carbocycles. The van der Waals surface area contributed by atoms with E-state index in [1.165, 1.54) is 0 Å². The highest BCUT2D eigenvalue weighted by atomic mass is 79.9. The lowest BCUT2D eigenvalue weighted by Crippen LogP contribution is -2.15. The molecule has 4 nitrogen and oxygen atoms in total. The molecule has 0 aliphatic rings. The Morgan fingerprint density at radius 1 is 1.26 bits per heavy atom. The number of rotatable bonds is 5. The van der Waals surface area contributed by atoms with Gasteiger partial charge >= 0.3 is 5.97 Å². The second-order valence-corrected chi connectivity index (χ2v) is 7.20. The fourth-order valence-corrected chi connectivity index (χ4v) is 4.37. The fourth-order valence-electron chi connectivity index (χ4n) is 1.94. The molecule has 0 amide bonds. The molecule has 0 saturated carbocycles. The number of carbonyl (C=O) groups is 1. The van der Waals surface area contributed by atoms with Crippen molar-refractivity contribution in [1.29, 1.82) is 0 Å². The van der Waals surface area contributed by atoms with Crippen LogP contribution in [0.3, 0.4) is 0 Å². The van der Waals surface area contributed by atoms with Crippen molar-refractivity contribution in [3.05, 3.63) is 27.7 Å². The Morgan fingerprint density at radius 2 is 1.79 bits per heavy atom. The molecular formula is C13H17BrO4S. The molecule has 0 radical (unpaired) electrons. The van der Waals surface area contributed by atoms with Crippen molar-refractivity contribution in [2.45, 2.75) is 32.1 Å². The van der Waals surface area contributed by atoms with E-state index in [4.69, 9.17) is 4.74 Å². The molecule has 0 heterocycles. The van der Waals surface area contributed by atoms with Gasteiger partial charge in [0.25, 0.3) is 0 Å². The first-order valence-electron chi connectivity index (χ1n) is 5.93. The summed E-state index contributed by atoms with van der Waals surface area (Å²) in [5.74, 6) is -0.715. The molecule has 0 bridgehead atoms. The zero-order valence-electron chi connectivity index (χ0n) is 11.2. The van der Waals surface area contributed by atoms with Crippen molar-refractivity contribution in [2.24, 2.45) is 0 Å². The second-order valence-electron chi connectivity index (χ2n) is 4.24. The number of carbonyl (C=O) groups excluding carboxylic acids is 1. The molecular weight excluding hydrogens is 332 g/mol. The van der Waals surface area contributed by atoms with Crippen molar-refractivity contribution in [3.8, 4) is 0 Å². The Labute approximate surface area is 122 Å². The maximum Gasteiger partial charge on any atom is 0.306 e. The molecule has 0 atom stereocenters. The van der Waals surface area contributed by atoms with Crippen LogP contribution in [0.15, 0.2) is 21.5 Å². The van der Waals surface area contributed by atoms with E-state index in [1.54, 1.807) is 32.9 Å². The lowest BCUT2D eigenvalue weighted by atomic mass is 10.2. The molecule has 19 heavy (non-hydrogen) atoms. The number of halogens is 1. The first-order chi connectivity index (χ1) is 8.77. The number of aryl methyl sites for hydroxylation is 2. The van der Waals surface area contributed by atoms with Crippen LogP contribution in [0.4, 0.5) is 0 Å². The third-order valence-corrected chi connectivity index (χ3v) is 5.08. The first-order valence-corrected chi connectivity index (χ1v) is 8.37. The summed E-state index contributed by atoms with van der Waals surface area (Å²) >= 11 is 3.33. The smallest absolute Gasteiger partial charge is 0.306 e. The Hall–Kier alpha value is -0.880. The van der Waals surface area contributed by atoms with Gasteiger partial charge in [-0.1, -0.05) is 15.9 Å². The van der Waals surface area contributed by atoms with Gasteiger partial charge in [-0.05, 0) is 44.0 Å². The summed E-state index contributed by atoms with van der Waals surface area (Å²) in [5, 5.41) is 0. The Kier molecular flexibility index (Phi) is 5.55. The molecule has 0 unspecified atom stereocenters. The lowest BCUT2D eigenvalue weighted by Gasteiger charge is -2.11. The molecule has 0 N–H and O–H groups in total. The minimum Gasteiger partial charge on any atom is -0.466 e. The molecule has 1 rings (SSSR count). The molecule has 6 heteroatoms. The van der Waals surface area contributed by atoms with Gasteiger partial charge in [0.2, 0.25) is 0 Å². The summed E-state index contributed by atoms with van der Waals surface area (Å²) in [6, 6.07) is 3.51. The van der Waals surface area contributed by atoms with Crippen LogP contribution >= 0.6 is 15.9 Å². The Bertz CT molecular complexity index is 555. The molecule has 0 saturated heterocycles. The van der Waals surface area contributed by atoms with Crippen LogP contribution in [0.2, 0.25) is 0 Å². The van der Waals surface area contributed by atoms with E-state index >= 15 is 0 Å². The van der Waals surface area contributed by atoms with E-state index in [0.29, 0.717) is 16.0 Å². The minimum atomic E-state index is -3.47. The van der Waals surface area contributed by atoms with Crippen LogP contribution in [0.25, 0.3) is 0 Å². The van der Waals surface area contributed by atoms with Crippen LogP contribution < -0.4 is 0 Å². The number of esters is 1.